The molecule has 0 fully saturated rings. The van der Waals surface area contributed by atoms with Crippen LogP contribution in [0.5, 0.6) is 0 Å². The van der Waals surface area contributed by atoms with Crippen molar-refractivity contribution in [3.63, 3.8) is 0 Å². The quantitative estimate of drug-likeness (QED) is 0.612. The lowest BCUT2D eigenvalue weighted by Crippen LogP contribution is -2.16. The van der Waals surface area contributed by atoms with Gasteiger partial charge in [0.2, 0.25) is 0 Å². The topological polar surface area (TPSA) is 59.8 Å². The summed E-state index contributed by atoms with van der Waals surface area (Å²) >= 11 is 0. The number of aryl methyl sites for hydroxylation is 1. The molecule has 0 aliphatic rings. The number of nitrogens with one attached hydrogen (secondary N) is 1. The summed E-state index contributed by atoms with van der Waals surface area (Å²) in [5.41, 5.74) is -1.40. The molecule has 1 N–H and O–H groups in total. The molecule has 0 spiro atoms. The standard InChI is InChI=1S/C17H11F5N4O.C2H6/c1-26-13(7-14(25-26)17(20,21)22)12-6-5-9(8-23-12)24-16(27)15-10(18)3-2-4-11(15)19;1-2/h2-8H,1H3,(H,24,27);1-2H3. The van der Waals surface area contributed by atoms with Crippen molar-refractivity contribution in [3.8, 4) is 11.4 Å². The van der Waals surface area contributed by atoms with E-state index >= 15 is 0 Å². The molecule has 3 rings (SSSR count). The van der Waals surface area contributed by atoms with E-state index in [1.807, 2.05) is 13.8 Å². The van der Waals surface area contributed by atoms with E-state index in [1.165, 1.54) is 19.2 Å². The number of amides is 1. The van der Waals surface area contributed by atoms with E-state index in [4.69, 9.17) is 0 Å². The first-order valence-electron chi connectivity index (χ1n) is 8.50. The number of hydrogen-bond donors (Lipinski definition) is 1. The highest BCUT2D eigenvalue weighted by molar-refractivity contribution is 6.04. The Morgan fingerprint density at radius 2 is 1.69 bits per heavy atom. The van der Waals surface area contributed by atoms with Crippen LogP contribution in [0.15, 0.2) is 42.6 Å². The number of aromatic nitrogens is 3. The minimum atomic E-state index is -4.59. The molecule has 0 aliphatic carbocycles. The fourth-order valence-electron chi connectivity index (χ4n) is 2.37. The molecule has 0 bridgehead atoms. The van der Waals surface area contributed by atoms with Gasteiger partial charge in [-0.3, -0.25) is 14.5 Å². The number of hydrogen-bond acceptors (Lipinski definition) is 3. The molecular formula is C19H17F5N4O. The van der Waals surface area contributed by atoms with Gasteiger partial charge in [-0.1, -0.05) is 19.9 Å². The van der Waals surface area contributed by atoms with E-state index in [2.05, 4.69) is 15.4 Å². The Kier molecular flexibility index (Phi) is 6.68. The lowest BCUT2D eigenvalue weighted by Gasteiger charge is -2.07. The molecule has 0 atom stereocenters. The van der Waals surface area contributed by atoms with Crippen molar-refractivity contribution in [2.24, 2.45) is 7.05 Å². The van der Waals surface area contributed by atoms with Gasteiger partial charge in [-0.25, -0.2) is 8.78 Å². The first-order valence-corrected chi connectivity index (χ1v) is 8.50. The van der Waals surface area contributed by atoms with Gasteiger partial charge in [-0.2, -0.15) is 18.3 Å². The average molecular weight is 412 g/mol. The van der Waals surface area contributed by atoms with Crippen LogP contribution in [0, 0.1) is 11.6 Å². The number of halogens is 5. The summed E-state index contributed by atoms with van der Waals surface area (Å²) in [4.78, 5) is 16.0. The maximum absolute atomic E-state index is 13.6. The Morgan fingerprint density at radius 1 is 1.07 bits per heavy atom. The van der Waals surface area contributed by atoms with Crippen molar-refractivity contribution >= 4 is 11.6 Å². The van der Waals surface area contributed by atoms with Crippen LogP contribution in [0.1, 0.15) is 29.9 Å². The van der Waals surface area contributed by atoms with Crippen LogP contribution >= 0.6 is 0 Å². The summed E-state index contributed by atoms with van der Waals surface area (Å²) in [5, 5.41) is 5.67. The van der Waals surface area contributed by atoms with Gasteiger partial charge in [0, 0.05) is 7.05 Å². The Labute approximate surface area is 163 Å². The number of benzene rings is 1. The normalized spacial score (nSPS) is 10.9. The number of anilines is 1. The Bertz CT molecular complexity index is 977. The highest BCUT2D eigenvalue weighted by Gasteiger charge is 2.34. The molecule has 0 aliphatic heterocycles. The first-order chi connectivity index (χ1) is 13.7. The number of carbonyl (C=O) groups excluding carboxylic acids is 1. The smallest absolute Gasteiger partial charge is 0.320 e. The van der Waals surface area contributed by atoms with E-state index in [9.17, 15) is 26.7 Å². The Hall–Kier alpha value is -3.30. The lowest BCUT2D eigenvalue weighted by molar-refractivity contribution is -0.141. The molecule has 0 radical (unpaired) electrons. The second-order valence-corrected chi connectivity index (χ2v) is 5.52. The molecule has 1 aromatic carbocycles. The summed E-state index contributed by atoms with van der Waals surface area (Å²) in [5.74, 6) is -3.06. The number of nitrogens with zero attached hydrogens (tertiary/aromatic N) is 3. The van der Waals surface area contributed by atoms with Crippen LogP contribution in [0.4, 0.5) is 27.6 Å². The maximum atomic E-state index is 13.6. The second-order valence-electron chi connectivity index (χ2n) is 5.52. The van der Waals surface area contributed by atoms with Crippen molar-refractivity contribution in [2.45, 2.75) is 20.0 Å². The van der Waals surface area contributed by atoms with Crippen molar-refractivity contribution in [1.82, 2.24) is 14.8 Å². The molecule has 154 valence electrons. The predicted molar refractivity (Wildman–Crippen MR) is 97.1 cm³/mol. The van der Waals surface area contributed by atoms with Gasteiger partial charge < -0.3 is 5.32 Å². The van der Waals surface area contributed by atoms with Gasteiger partial charge in [0.25, 0.3) is 5.91 Å². The molecule has 5 nitrogen and oxygen atoms in total. The summed E-state index contributed by atoms with van der Waals surface area (Å²) < 4.78 is 66.4. The Morgan fingerprint density at radius 3 is 2.17 bits per heavy atom. The van der Waals surface area contributed by atoms with Crippen LogP contribution in [-0.4, -0.2) is 20.7 Å². The van der Waals surface area contributed by atoms with Crippen molar-refractivity contribution < 1.29 is 26.7 Å². The van der Waals surface area contributed by atoms with Gasteiger partial charge >= 0.3 is 6.18 Å². The molecule has 3 aromatic rings. The minimum Gasteiger partial charge on any atom is -0.320 e. The summed E-state index contributed by atoms with van der Waals surface area (Å²) in [6, 6.07) is 6.56. The fraction of sp³-hybridized carbons (Fsp3) is 0.211. The van der Waals surface area contributed by atoms with E-state index in [0.717, 1.165) is 35.1 Å². The lowest BCUT2D eigenvalue weighted by atomic mass is 10.2. The monoisotopic (exact) mass is 412 g/mol. The van der Waals surface area contributed by atoms with E-state index in [0.29, 0.717) is 0 Å². The Balaban J connectivity index is 0.00000145. The first kappa shape index (κ1) is 22.0. The van der Waals surface area contributed by atoms with Crippen LogP contribution in [-0.2, 0) is 13.2 Å². The van der Waals surface area contributed by atoms with Crippen LogP contribution < -0.4 is 5.32 Å². The van der Waals surface area contributed by atoms with Gasteiger partial charge in [-0.15, -0.1) is 0 Å². The number of alkyl halides is 3. The van der Waals surface area contributed by atoms with E-state index < -0.39 is 35.0 Å². The van der Waals surface area contributed by atoms with Gasteiger partial charge in [0.15, 0.2) is 5.69 Å². The molecule has 0 saturated heterocycles. The minimum absolute atomic E-state index is 0.111. The number of pyridine rings is 1. The molecule has 10 heteroatoms. The molecule has 0 unspecified atom stereocenters. The van der Waals surface area contributed by atoms with Crippen LogP contribution in [0.25, 0.3) is 11.4 Å². The number of carbonyl (C=O) groups is 1. The third kappa shape index (κ3) is 4.95. The van der Waals surface area contributed by atoms with Gasteiger partial charge in [0.1, 0.15) is 17.2 Å². The molecule has 1 amide bonds. The summed E-state index contributed by atoms with van der Waals surface area (Å²) in [6.45, 7) is 4.00. The molecule has 2 aromatic heterocycles. The van der Waals surface area contributed by atoms with Crippen LogP contribution in [0.3, 0.4) is 0 Å². The zero-order valence-electron chi connectivity index (χ0n) is 15.7. The van der Waals surface area contributed by atoms with Gasteiger partial charge in [-0.05, 0) is 30.3 Å². The van der Waals surface area contributed by atoms with E-state index in [-0.39, 0.29) is 17.1 Å². The highest BCUT2D eigenvalue weighted by Crippen LogP contribution is 2.31. The van der Waals surface area contributed by atoms with Crippen LogP contribution in [0.2, 0.25) is 0 Å². The molecule has 29 heavy (non-hydrogen) atoms. The zero-order valence-corrected chi connectivity index (χ0v) is 15.7. The SMILES string of the molecule is CC.Cn1nc(C(F)(F)F)cc1-c1ccc(NC(=O)c2c(F)cccc2F)cn1. The highest BCUT2D eigenvalue weighted by atomic mass is 19.4. The average Bonchev–Trinajstić information content (AvgIpc) is 3.06. The molecule has 0 saturated carbocycles. The van der Waals surface area contributed by atoms with Gasteiger partial charge in [0.05, 0.1) is 23.3 Å². The third-order valence-corrected chi connectivity index (χ3v) is 3.64. The molecular weight excluding hydrogens is 395 g/mol. The van der Waals surface area contributed by atoms with Crippen molar-refractivity contribution in [3.05, 3.63) is 65.5 Å². The summed E-state index contributed by atoms with van der Waals surface area (Å²) in [6.07, 6.45) is -3.43. The molecule has 2 heterocycles. The zero-order chi connectivity index (χ0) is 21.8. The fourth-order valence-corrected chi connectivity index (χ4v) is 2.37. The van der Waals surface area contributed by atoms with E-state index in [1.54, 1.807) is 0 Å². The maximum Gasteiger partial charge on any atom is 0.435 e. The number of rotatable bonds is 3. The van der Waals surface area contributed by atoms with Crippen molar-refractivity contribution in [1.29, 1.82) is 0 Å². The predicted octanol–water partition coefficient (Wildman–Crippen LogP) is 5.06. The van der Waals surface area contributed by atoms with Crippen molar-refractivity contribution in [2.75, 3.05) is 5.32 Å². The largest absolute Gasteiger partial charge is 0.435 e. The summed E-state index contributed by atoms with van der Waals surface area (Å²) in [7, 11) is 1.34. The second kappa shape index (κ2) is 8.80. The third-order valence-electron chi connectivity index (χ3n) is 3.64.